The molecule has 1 aliphatic heterocycles. The number of benzene rings is 1. The fraction of sp³-hybridized carbons (Fsp3) is 0.375. The molecule has 0 saturated carbocycles. The molecular weight excluding hydrogens is 266 g/mol. The van der Waals surface area contributed by atoms with Gasteiger partial charge in [0.2, 0.25) is 5.91 Å². The number of carbonyl (C=O) groups excluding carboxylic acids is 1. The summed E-state index contributed by atoms with van der Waals surface area (Å²) in [7, 11) is 0. The summed E-state index contributed by atoms with van der Waals surface area (Å²) in [6, 6.07) is 7.84. The zero-order valence-corrected chi connectivity index (χ0v) is 12.2. The standard InChI is InChI=1S/C16H21N3O2/c17-9-5-1-2-8-16(20)19-18-11-13-10-14-6-3-4-7-15(14)21-12-13/h3-4,6-7,10-11H,1-2,5,8-9,12,17H2,(H,19,20)/p+1/b18-11-. The average molecular weight is 288 g/mol. The third-order valence-corrected chi connectivity index (χ3v) is 3.23. The lowest BCUT2D eigenvalue weighted by molar-refractivity contribution is -0.368. The lowest BCUT2D eigenvalue weighted by Crippen LogP contribution is -2.50. The first kappa shape index (κ1) is 15.3. The first-order valence-corrected chi connectivity index (χ1v) is 7.33. The van der Waals surface area contributed by atoms with Crippen LogP contribution >= 0.6 is 0 Å². The van der Waals surface area contributed by atoms with Gasteiger partial charge in [-0.2, -0.15) is 5.10 Å². The van der Waals surface area contributed by atoms with Gasteiger partial charge in [-0.25, -0.2) is 5.43 Å². The van der Waals surface area contributed by atoms with Crippen LogP contribution in [0, 0.1) is 0 Å². The van der Waals surface area contributed by atoms with Gasteiger partial charge in [0.1, 0.15) is 12.4 Å². The fourth-order valence-electron chi connectivity index (χ4n) is 2.09. The maximum absolute atomic E-state index is 11.6. The Balaban J connectivity index is 1.77. The molecule has 1 aromatic carbocycles. The number of nitrogens with zero attached hydrogens (tertiary/aromatic N) is 1. The van der Waals surface area contributed by atoms with E-state index in [1.54, 1.807) is 6.21 Å². The van der Waals surface area contributed by atoms with Crippen LogP contribution in [0.2, 0.25) is 0 Å². The molecule has 4 N–H and O–H groups in total. The molecule has 1 amide bonds. The number of fused-ring (bicyclic) bond motifs is 1. The predicted molar refractivity (Wildman–Crippen MR) is 82.8 cm³/mol. The van der Waals surface area contributed by atoms with Crippen LogP contribution in [0.3, 0.4) is 0 Å². The number of para-hydroxylation sites is 1. The summed E-state index contributed by atoms with van der Waals surface area (Å²) in [5.41, 5.74) is 8.30. The van der Waals surface area contributed by atoms with Crippen molar-refractivity contribution in [3.63, 3.8) is 0 Å². The molecule has 1 aromatic rings. The van der Waals surface area contributed by atoms with E-state index in [-0.39, 0.29) is 5.91 Å². The van der Waals surface area contributed by atoms with Crippen LogP contribution in [-0.4, -0.2) is 25.3 Å². The molecule has 21 heavy (non-hydrogen) atoms. The lowest BCUT2D eigenvalue weighted by Gasteiger charge is -2.15. The zero-order chi connectivity index (χ0) is 14.9. The number of hydrazone groups is 1. The molecule has 0 aliphatic carbocycles. The Labute approximate surface area is 124 Å². The Morgan fingerprint density at radius 3 is 3.05 bits per heavy atom. The smallest absolute Gasteiger partial charge is 0.240 e. The van der Waals surface area contributed by atoms with Gasteiger partial charge in [-0.15, -0.1) is 0 Å². The Kier molecular flexibility index (Phi) is 5.97. The van der Waals surface area contributed by atoms with Crippen LogP contribution in [0.5, 0.6) is 5.75 Å². The Bertz CT molecular complexity index is 538. The minimum Gasteiger partial charge on any atom is -0.488 e. The molecule has 1 heterocycles. The van der Waals surface area contributed by atoms with Crippen LogP contribution in [0.25, 0.3) is 6.08 Å². The quantitative estimate of drug-likeness (QED) is 0.451. The Hall–Kier alpha value is -2.14. The van der Waals surface area contributed by atoms with E-state index in [0.717, 1.165) is 42.7 Å². The number of quaternary nitrogens is 1. The van der Waals surface area contributed by atoms with Crippen LogP contribution < -0.4 is 15.9 Å². The first-order chi connectivity index (χ1) is 10.3. The predicted octanol–water partition coefficient (Wildman–Crippen LogP) is 1.37. The molecule has 0 aromatic heterocycles. The maximum Gasteiger partial charge on any atom is 0.240 e. The van der Waals surface area contributed by atoms with Crippen molar-refractivity contribution in [1.29, 1.82) is 0 Å². The summed E-state index contributed by atoms with van der Waals surface area (Å²) in [6.45, 7) is 1.40. The second-order valence-corrected chi connectivity index (χ2v) is 5.00. The van der Waals surface area contributed by atoms with E-state index in [2.05, 4.69) is 16.3 Å². The molecule has 0 atom stereocenters. The molecular formula is C16H22N3O2+. The SMILES string of the molecule is [NH3+]CCCCCC(=O)N/N=C\C1=Cc2ccccc2OC1. The van der Waals surface area contributed by atoms with E-state index >= 15 is 0 Å². The van der Waals surface area contributed by atoms with Crippen molar-refractivity contribution in [3.05, 3.63) is 35.4 Å². The van der Waals surface area contributed by atoms with Gasteiger partial charge >= 0.3 is 0 Å². The van der Waals surface area contributed by atoms with Crippen LogP contribution in [0.15, 0.2) is 34.9 Å². The topological polar surface area (TPSA) is 78.3 Å². The Morgan fingerprint density at radius 1 is 1.33 bits per heavy atom. The van der Waals surface area contributed by atoms with E-state index in [1.165, 1.54) is 0 Å². The lowest BCUT2D eigenvalue weighted by atomic mass is 10.1. The van der Waals surface area contributed by atoms with Crippen molar-refractivity contribution in [3.8, 4) is 5.75 Å². The van der Waals surface area contributed by atoms with Crippen molar-refractivity contribution in [2.75, 3.05) is 13.2 Å². The maximum atomic E-state index is 11.6. The molecule has 5 nitrogen and oxygen atoms in total. The molecule has 0 saturated heterocycles. The molecule has 2 rings (SSSR count). The summed E-state index contributed by atoms with van der Waals surface area (Å²) in [5, 5.41) is 3.98. The highest BCUT2D eigenvalue weighted by Gasteiger charge is 2.08. The third kappa shape index (κ3) is 5.04. The number of ether oxygens (including phenoxy) is 1. The van der Waals surface area contributed by atoms with Crippen LogP contribution in [0.4, 0.5) is 0 Å². The van der Waals surface area contributed by atoms with E-state index in [1.807, 2.05) is 30.3 Å². The van der Waals surface area contributed by atoms with E-state index in [9.17, 15) is 4.79 Å². The minimum absolute atomic E-state index is 0.0481. The second kappa shape index (κ2) is 8.21. The minimum atomic E-state index is -0.0481. The molecule has 0 bridgehead atoms. The van der Waals surface area contributed by atoms with Gasteiger partial charge in [-0.3, -0.25) is 4.79 Å². The average Bonchev–Trinajstić information content (AvgIpc) is 2.51. The molecule has 1 aliphatic rings. The Morgan fingerprint density at radius 2 is 2.19 bits per heavy atom. The highest BCUT2D eigenvalue weighted by molar-refractivity contribution is 5.88. The van der Waals surface area contributed by atoms with Crippen LogP contribution in [-0.2, 0) is 4.79 Å². The van der Waals surface area contributed by atoms with Gasteiger partial charge in [0.25, 0.3) is 0 Å². The van der Waals surface area contributed by atoms with E-state index < -0.39 is 0 Å². The molecule has 112 valence electrons. The second-order valence-electron chi connectivity index (χ2n) is 5.00. The third-order valence-electron chi connectivity index (χ3n) is 3.23. The zero-order valence-electron chi connectivity index (χ0n) is 12.2. The van der Waals surface area contributed by atoms with Crippen molar-refractivity contribution in [2.24, 2.45) is 5.10 Å². The first-order valence-electron chi connectivity index (χ1n) is 7.33. The summed E-state index contributed by atoms with van der Waals surface area (Å²) in [5.74, 6) is 0.831. The van der Waals surface area contributed by atoms with Gasteiger partial charge in [0, 0.05) is 17.6 Å². The summed E-state index contributed by atoms with van der Waals surface area (Å²) >= 11 is 0. The number of carbonyl (C=O) groups is 1. The number of amides is 1. The van der Waals surface area contributed by atoms with Gasteiger partial charge in [0.05, 0.1) is 12.8 Å². The number of hydrogen-bond acceptors (Lipinski definition) is 3. The summed E-state index contributed by atoms with van der Waals surface area (Å²) in [6.07, 6.45) is 7.16. The molecule has 0 spiro atoms. The number of hydrogen-bond donors (Lipinski definition) is 2. The van der Waals surface area contributed by atoms with Gasteiger partial charge < -0.3 is 10.5 Å². The van der Waals surface area contributed by atoms with Crippen LogP contribution in [0.1, 0.15) is 31.2 Å². The number of nitrogens with one attached hydrogen (secondary N) is 1. The molecule has 0 fully saturated rings. The fourth-order valence-corrected chi connectivity index (χ4v) is 2.09. The number of rotatable bonds is 7. The largest absolute Gasteiger partial charge is 0.488 e. The highest BCUT2D eigenvalue weighted by atomic mass is 16.5. The molecule has 5 heteroatoms. The van der Waals surface area contributed by atoms with Crippen molar-refractivity contribution < 1.29 is 15.3 Å². The molecule has 0 radical (unpaired) electrons. The summed E-state index contributed by atoms with van der Waals surface area (Å²) < 4.78 is 5.61. The molecule has 0 unspecified atom stereocenters. The van der Waals surface area contributed by atoms with Crippen molar-refractivity contribution in [2.45, 2.75) is 25.7 Å². The van der Waals surface area contributed by atoms with Crippen molar-refractivity contribution in [1.82, 2.24) is 5.43 Å². The highest BCUT2D eigenvalue weighted by Crippen LogP contribution is 2.24. The normalized spacial score (nSPS) is 13.5. The van der Waals surface area contributed by atoms with E-state index in [0.29, 0.717) is 13.0 Å². The van der Waals surface area contributed by atoms with E-state index in [4.69, 9.17) is 4.74 Å². The van der Waals surface area contributed by atoms with Gasteiger partial charge in [-0.05, 0) is 31.4 Å². The van der Waals surface area contributed by atoms with Crippen molar-refractivity contribution >= 4 is 18.2 Å². The summed E-state index contributed by atoms with van der Waals surface area (Å²) in [4.78, 5) is 11.6. The van der Waals surface area contributed by atoms with Gasteiger partial charge in [0.15, 0.2) is 0 Å². The van der Waals surface area contributed by atoms with Gasteiger partial charge in [-0.1, -0.05) is 18.2 Å². The monoisotopic (exact) mass is 288 g/mol. The number of unbranched alkanes of at least 4 members (excludes halogenated alkanes) is 2.